The summed E-state index contributed by atoms with van der Waals surface area (Å²) in [4.78, 5) is 24.3. The SMILES string of the molecule is O=C(Nc1ccc(Cl)c(Cl)c1)OCN1CCCC1=O. The van der Waals surface area contributed by atoms with Gasteiger partial charge in [0.2, 0.25) is 5.91 Å². The van der Waals surface area contributed by atoms with Crippen LogP contribution in [0.5, 0.6) is 0 Å². The summed E-state index contributed by atoms with van der Waals surface area (Å²) < 4.78 is 4.95. The Morgan fingerprint density at radius 2 is 2.16 bits per heavy atom. The Kier molecular flexibility index (Phi) is 4.50. The van der Waals surface area contributed by atoms with Crippen LogP contribution in [0, 0.1) is 0 Å². The van der Waals surface area contributed by atoms with Crippen LogP contribution in [0.15, 0.2) is 18.2 Å². The molecule has 7 heteroatoms. The second-order valence-electron chi connectivity index (χ2n) is 4.08. The van der Waals surface area contributed by atoms with Gasteiger partial charge in [-0.3, -0.25) is 10.1 Å². The number of ether oxygens (including phenoxy) is 1. The summed E-state index contributed by atoms with van der Waals surface area (Å²) in [5, 5.41) is 3.25. The molecule has 5 nitrogen and oxygen atoms in total. The van der Waals surface area contributed by atoms with Gasteiger partial charge in [-0.25, -0.2) is 4.79 Å². The van der Waals surface area contributed by atoms with E-state index in [9.17, 15) is 9.59 Å². The van der Waals surface area contributed by atoms with Crippen molar-refractivity contribution in [3.05, 3.63) is 28.2 Å². The molecule has 1 heterocycles. The Hall–Kier alpha value is -1.46. The van der Waals surface area contributed by atoms with Gasteiger partial charge in [-0.1, -0.05) is 23.2 Å². The smallest absolute Gasteiger partial charge is 0.413 e. The molecule has 0 aromatic heterocycles. The average Bonchev–Trinajstić information content (AvgIpc) is 2.77. The van der Waals surface area contributed by atoms with Crippen molar-refractivity contribution in [3.8, 4) is 0 Å². The van der Waals surface area contributed by atoms with E-state index < -0.39 is 6.09 Å². The first-order chi connectivity index (χ1) is 9.06. The third-order valence-corrected chi connectivity index (χ3v) is 3.43. The molecule has 19 heavy (non-hydrogen) atoms. The van der Waals surface area contributed by atoms with Crippen LogP contribution in [0.1, 0.15) is 12.8 Å². The van der Waals surface area contributed by atoms with E-state index in [4.69, 9.17) is 27.9 Å². The van der Waals surface area contributed by atoms with Crippen molar-refractivity contribution in [1.82, 2.24) is 4.90 Å². The number of likely N-dealkylation sites (tertiary alicyclic amines) is 1. The minimum Gasteiger partial charge on any atom is -0.428 e. The van der Waals surface area contributed by atoms with E-state index >= 15 is 0 Å². The molecule has 0 atom stereocenters. The number of carbonyl (C=O) groups excluding carboxylic acids is 2. The predicted octanol–water partition coefficient (Wildman–Crippen LogP) is 3.12. The third-order valence-electron chi connectivity index (χ3n) is 2.69. The normalized spacial score (nSPS) is 14.6. The van der Waals surface area contributed by atoms with Gasteiger partial charge in [0.05, 0.1) is 10.0 Å². The molecular weight excluding hydrogens is 291 g/mol. The number of hydrogen-bond acceptors (Lipinski definition) is 3. The molecule has 0 radical (unpaired) electrons. The zero-order valence-electron chi connectivity index (χ0n) is 9.99. The molecule has 1 fully saturated rings. The summed E-state index contributed by atoms with van der Waals surface area (Å²) in [6, 6.07) is 4.70. The number of benzene rings is 1. The largest absolute Gasteiger partial charge is 0.428 e. The monoisotopic (exact) mass is 302 g/mol. The number of nitrogens with one attached hydrogen (secondary N) is 1. The molecule has 1 aliphatic heterocycles. The quantitative estimate of drug-likeness (QED) is 0.933. The summed E-state index contributed by atoms with van der Waals surface area (Å²) in [6.45, 7) is 0.588. The van der Waals surface area contributed by atoms with Gasteiger partial charge in [-0.2, -0.15) is 0 Å². The van der Waals surface area contributed by atoms with E-state index in [2.05, 4.69) is 5.32 Å². The lowest BCUT2D eigenvalue weighted by Gasteiger charge is -2.15. The maximum atomic E-state index is 11.5. The van der Waals surface area contributed by atoms with E-state index in [-0.39, 0.29) is 12.6 Å². The second-order valence-corrected chi connectivity index (χ2v) is 4.89. The lowest BCUT2D eigenvalue weighted by Crippen LogP contribution is -2.30. The fourth-order valence-corrected chi connectivity index (χ4v) is 2.00. The first-order valence-corrected chi connectivity index (χ1v) is 6.48. The van der Waals surface area contributed by atoms with Crippen molar-refractivity contribution in [2.24, 2.45) is 0 Å². The van der Waals surface area contributed by atoms with E-state index in [1.807, 2.05) is 0 Å². The molecule has 0 spiro atoms. The van der Waals surface area contributed by atoms with E-state index in [1.165, 1.54) is 11.0 Å². The zero-order valence-corrected chi connectivity index (χ0v) is 11.5. The van der Waals surface area contributed by atoms with Gasteiger partial charge < -0.3 is 9.64 Å². The highest BCUT2D eigenvalue weighted by Crippen LogP contribution is 2.25. The highest BCUT2D eigenvalue weighted by Gasteiger charge is 2.21. The van der Waals surface area contributed by atoms with Crippen molar-refractivity contribution in [2.45, 2.75) is 12.8 Å². The van der Waals surface area contributed by atoms with Crippen LogP contribution in [0.4, 0.5) is 10.5 Å². The van der Waals surface area contributed by atoms with Crippen LogP contribution in [0.2, 0.25) is 10.0 Å². The zero-order chi connectivity index (χ0) is 13.8. The van der Waals surface area contributed by atoms with Crippen molar-refractivity contribution in [1.29, 1.82) is 0 Å². The molecule has 1 saturated heterocycles. The maximum absolute atomic E-state index is 11.5. The maximum Gasteiger partial charge on any atom is 0.413 e. The highest BCUT2D eigenvalue weighted by molar-refractivity contribution is 6.42. The molecule has 102 valence electrons. The summed E-state index contributed by atoms with van der Waals surface area (Å²) in [5.74, 6) is 0.00216. The number of carbonyl (C=O) groups is 2. The highest BCUT2D eigenvalue weighted by atomic mass is 35.5. The molecule has 2 rings (SSSR count). The van der Waals surface area contributed by atoms with Gasteiger partial charge in [0.1, 0.15) is 0 Å². The third kappa shape index (κ3) is 3.75. The van der Waals surface area contributed by atoms with E-state index in [0.29, 0.717) is 28.7 Å². The molecule has 1 aromatic carbocycles. The molecule has 0 bridgehead atoms. The molecule has 0 saturated carbocycles. The molecule has 2 amide bonds. The first-order valence-electron chi connectivity index (χ1n) is 5.73. The lowest BCUT2D eigenvalue weighted by atomic mass is 10.3. The topological polar surface area (TPSA) is 58.6 Å². The summed E-state index contributed by atoms with van der Waals surface area (Å²) >= 11 is 11.6. The number of nitrogens with zero attached hydrogens (tertiary/aromatic N) is 1. The van der Waals surface area contributed by atoms with Gasteiger partial charge >= 0.3 is 6.09 Å². The van der Waals surface area contributed by atoms with Gasteiger partial charge in [0, 0.05) is 18.7 Å². The van der Waals surface area contributed by atoms with Crippen molar-refractivity contribution >= 4 is 40.9 Å². The van der Waals surface area contributed by atoms with Gasteiger partial charge in [-0.15, -0.1) is 0 Å². The minimum absolute atomic E-state index is 0.00216. The van der Waals surface area contributed by atoms with Gasteiger partial charge in [0.25, 0.3) is 0 Å². The first kappa shape index (κ1) is 14.0. The summed E-state index contributed by atoms with van der Waals surface area (Å²) in [6.07, 6.45) is 0.673. The minimum atomic E-state index is -0.641. The fourth-order valence-electron chi connectivity index (χ4n) is 1.70. The summed E-state index contributed by atoms with van der Waals surface area (Å²) in [5.41, 5.74) is 0.479. The Balaban J connectivity index is 1.83. The molecular formula is C12H12Cl2N2O3. The van der Waals surface area contributed by atoms with Crippen molar-refractivity contribution in [2.75, 3.05) is 18.6 Å². The van der Waals surface area contributed by atoms with Crippen LogP contribution >= 0.6 is 23.2 Å². The lowest BCUT2D eigenvalue weighted by molar-refractivity contribution is -0.130. The Morgan fingerprint density at radius 1 is 1.37 bits per heavy atom. The molecule has 0 aliphatic carbocycles. The number of rotatable bonds is 3. The van der Waals surface area contributed by atoms with Crippen LogP contribution in [0.3, 0.4) is 0 Å². The van der Waals surface area contributed by atoms with Crippen LogP contribution in [0.25, 0.3) is 0 Å². The predicted molar refractivity (Wildman–Crippen MR) is 72.4 cm³/mol. The summed E-state index contributed by atoms with van der Waals surface area (Å²) in [7, 11) is 0. The second kappa shape index (κ2) is 6.12. The average molecular weight is 303 g/mol. The molecule has 0 unspecified atom stereocenters. The molecule has 1 N–H and O–H groups in total. The van der Waals surface area contributed by atoms with Gasteiger partial charge in [-0.05, 0) is 24.6 Å². The Bertz CT molecular complexity index is 508. The Labute approximate surface area is 120 Å². The van der Waals surface area contributed by atoms with Crippen LogP contribution in [-0.4, -0.2) is 30.2 Å². The molecule has 1 aliphatic rings. The molecule has 1 aromatic rings. The van der Waals surface area contributed by atoms with Crippen LogP contribution < -0.4 is 5.32 Å². The van der Waals surface area contributed by atoms with E-state index in [1.54, 1.807) is 12.1 Å². The van der Waals surface area contributed by atoms with Gasteiger partial charge in [0.15, 0.2) is 6.73 Å². The number of hydrogen-bond donors (Lipinski definition) is 1. The number of amides is 2. The number of halogens is 2. The van der Waals surface area contributed by atoms with Crippen LogP contribution in [-0.2, 0) is 9.53 Å². The number of anilines is 1. The Morgan fingerprint density at radius 3 is 2.79 bits per heavy atom. The van der Waals surface area contributed by atoms with Crippen molar-refractivity contribution < 1.29 is 14.3 Å². The fraction of sp³-hybridized carbons (Fsp3) is 0.333. The van der Waals surface area contributed by atoms with Crippen molar-refractivity contribution in [3.63, 3.8) is 0 Å². The van der Waals surface area contributed by atoms with E-state index in [0.717, 1.165) is 6.42 Å². The standard InChI is InChI=1S/C12H12Cl2N2O3/c13-9-4-3-8(6-10(9)14)15-12(18)19-7-16-5-1-2-11(16)17/h3-4,6H,1-2,5,7H2,(H,15,18).